The van der Waals surface area contributed by atoms with Crippen molar-refractivity contribution in [2.45, 2.75) is 13.3 Å². The monoisotopic (exact) mass is 209 g/mol. The number of carbonyl (C=O) groups excluding carboxylic acids is 2. The van der Waals surface area contributed by atoms with Gasteiger partial charge in [-0.25, -0.2) is 4.79 Å². The zero-order valence-electron chi connectivity index (χ0n) is 8.57. The van der Waals surface area contributed by atoms with E-state index in [2.05, 4.69) is 16.5 Å². The van der Waals surface area contributed by atoms with Crippen LogP contribution in [-0.2, 0) is 4.74 Å². The molecule has 0 radical (unpaired) electrons. The van der Waals surface area contributed by atoms with Gasteiger partial charge in [0.05, 0.1) is 12.8 Å². The summed E-state index contributed by atoms with van der Waals surface area (Å²) in [6.45, 7) is 5.00. The maximum absolute atomic E-state index is 11.5. The molecule has 0 saturated carbocycles. The molecule has 5 heteroatoms. The number of carbonyl (C=O) groups is 2. The normalized spacial score (nSPS) is 9.73. The highest BCUT2D eigenvalue weighted by Crippen LogP contribution is 2.16. The van der Waals surface area contributed by atoms with Crippen LogP contribution in [0.4, 0.5) is 0 Å². The second-order valence-corrected chi connectivity index (χ2v) is 2.88. The number of hydrogen-bond acceptors (Lipinski definition) is 5. The summed E-state index contributed by atoms with van der Waals surface area (Å²) in [5.74, 6) is -1.04. The first kappa shape index (κ1) is 11.2. The van der Waals surface area contributed by atoms with Crippen molar-refractivity contribution in [2.75, 3.05) is 7.11 Å². The molecule has 0 unspecified atom stereocenters. The van der Waals surface area contributed by atoms with Crippen LogP contribution in [0, 0.1) is 6.92 Å². The predicted molar refractivity (Wildman–Crippen MR) is 51.7 cm³/mol. The Bertz CT molecular complexity index is 406. The summed E-state index contributed by atoms with van der Waals surface area (Å²) in [5, 5.41) is 3.56. The van der Waals surface area contributed by atoms with E-state index in [1.807, 2.05) is 0 Å². The van der Waals surface area contributed by atoms with Crippen LogP contribution in [0.15, 0.2) is 17.2 Å². The molecule has 0 aromatic carbocycles. The molecule has 0 atom stereocenters. The molecular formula is C10H11NO4. The summed E-state index contributed by atoms with van der Waals surface area (Å²) in [4.78, 5) is 22.8. The van der Waals surface area contributed by atoms with E-state index < -0.39 is 5.97 Å². The Balaban J connectivity index is 3.13. The lowest BCUT2D eigenvalue weighted by Gasteiger charge is -1.97. The van der Waals surface area contributed by atoms with E-state index in [4.69, 9.17) is 4.52 Å². The lowest BCUT2D eigenvalue weighted by atomic mass is 10.1. The molecule has 80 valence electrons. The number of aromatic nitrogens is 1. The quantitative estimate of drug-likeness (QED) is 0.427. The molecular weight excluding hydrogens is 198 g/mol. The predicted octanol–water partition coefficient (Wildman–Crippen LogP) is 1.53. The van der Waals surface area contributed by atoms with Crippen LogP contribution in [0.25, 0.3) is 0 Å². The number of esters is 1. The van der Waals surface area contributed by atoms with Crippen molar-refractivity contribution < 1.29 is 18.8 Å². The molecule has 0 aliphatic carbocycles. The number of hydrogen-bond donors (Lipinski definition) is 0. The highest BCUT2D eigenvalue weighted by Gasteiger charge is 2.25. The molecule has 0 N–H and O–H groups in total. The van der Waals surface area contributed by atoms with Crippen LogP contribution < -0.4 is 0 Å². The topological polar surface area (TPSA) is 69.4 Å². The van der Waals surface area contributed by atoms with Gasteiger partial charge in [0.2, 0.25) is 11.5 Å². The van der Waals surface area contributed by atoms with Crippen molar-refractivity contribution in [1.82, 2.24) is 5.16 Å². The van der Waals surface area contributed by atoms with Crippen LogP contribution in [0.1, 0.15) is 33.0 Å². The number of allylic oxidation sites excluding steroid dienone is 1. The van der Waals surface area contributed by atoms with Gasteiger partial charge < -0.3 is 9.26 Å². The van der Waals surface area contributed by atoms with Gasteiger partial charge in [-0.15, -0.1) is 6.58 Å². The first-order valence-electron chi connectivity index (χ1n) is 4.30. The van der Waals surface area contributed by atoms with Gasteiger partial charge in [-0.05, 0) is 6.92 Å². The molecule has 0 saturated heterocycles. The minimum atomic E-state index is -0.624. The smallest absolute Gasteiger partial charge is 0.343 e. The number of rotatable bonds is 4. The standard InChI is InChI=1S/C10H11NO4/c1-4-5-7(12)9-8(10(13)14-3)6(2)11-15-9/h4H,1,5H2,2-3H3. The van der Waals surface area contributed by atoms with Crippen molar-refractivity contribution >= 4 is 11.8 Å². The number of aryl methyl sites for hydroxylation is 1. The van der Waals surface area contributed by atoms with E-state index in [0.29, 0.717) is 5.69 Å². The zero-order chi connectivity index (χ0) is 11.4. The highest BCUT2D eigenvalue weighted by atomic mass is 16.5. The van der Waals surface area contributed by atoms with Crippen molar-refractivity contribution in [3.05, 3.63) is 29.7 Å². The lowest BCUT2D eigenvalue weighted by Crippen LogP contribution is -2.08. The van der Waals surface area contributed by atoms with E-state index in [0.717, 1.165) is 0 Å². The third-order valence-corrected chi connectivity index (χ3v) is 1.84. The summed E-state index contributed by atoms with van der Waals surface area (Å²) in [6, 6.07) is 0. The summed E-state index contributed by atoms with van der Waals surface area (Å²) >= 11 is 0. The summed E-state index contributed by atoms with van der Waals surface area (Å²) in [7, 11) is 1.23. The number of methoxy groups -OCH3 is 1. The first-order chi connectivity index (χ1) is 7.11. The minimum absolute atomic E-state index is 0.0701. The molecule has 1 aromatic heterocycles. The molecule has 0 amide bonds. The van der Waals surface area contributed by atoms with Crippen molar-refractivity contribution in [2.24, 2.45) is 0 Å². The number of ether oxygens (including phenoxy) is 1. The van der Waals surface area contributed by atoms with E-state index >= 15 is 0 Å². The van der Waals surface area contributed by atoms with Gasteiger partial charge in [-0.3, -0.25) is 4.79 Å². The summed E-state index contributed by atoms with van der Waals surface area (Å²) < 4.78 is 9.31. The maximum atomic E-state index is 11.5. The molecule has 15 heavy (non-hydrogen) atoms. The highest BCUT2D eigenvalue weighted by molar-refractivity contribution is 6.05. The van der Waals surface area contributed by atoms with Crippen LogP contribution in [0.2, 0.25) is 0 Å². The van der Waals surface area contributed by atoms with Gasteiger partial charge >= 0.3 is 5.97 Å². The third kappa shape index (κ3) is 2.12. The first-order valence-corrected chi connectivity index (χ1v) is 4.30. The van der Waals surface area contributed by atoms with Gasteiger partial charge in [-0.1, -0.05) is 11.2 Å². The second-order valence-electron chi connectivity index (χ2n) is 2.88. The van der Waals surface area contributed by atoms with Crippen LogP contribution in [0.5, 0.6) is 0 Å². The summed E-state index contributed by atoms with van der Waals surface area (Å²) in [6.07, 6.45) is 1.53. The molecule has 1 heterocycles. The Kier molecular flexibility index (Phi) is 3.38. The molecule has 0 aliphatic rings. The number of Topliss-reactive ketones (excluding diaryl/α,β-unsaturated/α-hetero) is 1. The Morgan fingerprint density at radius 3 is 2.80 bits per heavy atom. The van der Waals surface area contributed by atoms with Gasteiger partial charge in [0.25, 0.3) is 0 Å². The Labute approximate surface area is 86.7 Å². The molecule has 0 spiro atoms. The van der Waals surface area contributed by atoms with Gasteiger partial charge in [0, 0.05) is 6.42 Å². The van der Waals surface area contributed by atoms with E-state index in [-0.39, 0.29) is 23.5 Å². The third-order valence-electron chi connectivity index (χ3n) is 1.84. The fourth-order valence-electron chi connectivity index (χ4n) is 1.13. The largest absolute Gasteiger partial charge is 0.465 e. The van der Waals surface area contributed by atoms with Gasteiger partial charge in [0.15, 0.2) is 0 Å². The molecule has 5 nitrogen and oxygen atoms in total. The number of ketones is 1. The van der Waals surface area contributed by atoms with Gasteiger partial charge in [-0.2, -0.15) is 0 Å². The van der Waals surface area contributed by atoms with Crippen molar-refractivity contribution in [1.29, 1.82) is 0 Å². The Hall–Kier alpha value is -1.91. The summed E-state index contributed by atoms with van der Waals surface area (Å²) in [5.41, 5.74) is 0.429. The van der Waals surface area contributed by atoms with Crippen LogP contribution in [0.3, 0.4) is 0 Å². The maximum Gasteiger partial charge on any atom is 0.343 e. The Morgan fingerprint density at radius 1 is 1.60 bits per heavy atom. The van der Waals surface area contributed by atoms with Gasteiger partial charge in [0.1, 0.15) is 5.56 Å². The average molecular weight is 209 g/mol. The van der Waals surface area contributed by atoms with E-state index in [1.54, 1.807) is 6.92 Å². The number of nitrogens with zero attached hydrogens (tertiary/aromatic N) is 1. The molecule has 1 rings (SSSR count). The SMILES string of the molecule is C=CCC(=O)c1onc(C)c1C(=O)OC. The zero-order valence-corrected chi connectivity index (χ0v) is 8.57. The fourth-order valence-corrected chi connectivity index (χ4v) is 1.13. The van der Waals surface area contributed by atoms with Crippen molar-refractivity contribution in [3.8, 4) is 0 Å². The molecule has 1 aromatic rings. The van der Waals surface area contributed by atoms with Crippen LogP contribution in [-0.4, -0.2) is 24.0 Å². The Morgan fingerprint density at radius 2 is 2.27 bits per heavy atom. The van der Waals surface area contributed by atoms with Crippen molar-refractivity contribution in [3.63, 3.8) is 0 Å². The van der Waals surface area contributed by atoms with Crippen LogP contribution >= 0.6 is 0 Å². The molecule has 0 aliphatic heterocycles. The second kappa shape index (κ2) is 4.54. The molecule has 0 fully saturated rings. The minimum Gasteiger partial charge on any atom is -0.465 e. The lowest BCUT2D eigenvalue weighted by molar-refractivity contribution is 0.0594. The fraction of sp³-hybridized carbons (Fsp3) is 0.300. The average Bonchev–Trinajstić information content (AvgIpc) is 2.59. The van der Waals surface area contributed by atoms with E-state index in [9.17, 15) is 9.59 Å². The molecule has 0 bridgehead atoms. The van der Waals surface area contributed by atoms with E-state index in [1.165, 1.54) is 13.2 Å².